The van der Waals surface area contributed by atoms with Gasteiger partial charge in [-0.15, -0.1) is 11.3 Å². The van der Waals surface area contributed by atoms with E-state index in [2.05, 4.69) is 17.2 Å². The molecule has 0 unspecified atom stereocenters. The third kappa shape index (κ3) is 4.05. The van der Waals surface area contributed by atoms with Crippen molar-refractivity contribution in [2.24, 2.45) is 0 Å². The molecular formula is C12H15NO2S. The number of aliphatic hydroxyl groups excluding tert-OH is 1. The highest BCUT2D eigenvalue weighted by Crippen LogP contribution is 2.13. The largest absolute Gasteiger partial charge is 0.395 e. The van der Waals surface area contributed by atoms with Crippen LogP contribution in [0, 0.1) is 11.8 Å². The third-order valence-corrected chi connectivity index (χ3v) is 2.58. The van der Waals surface area contributed by atoms with Crippen LogP contribution in [0.1, 0.15) is 35.5 Å². The number of nitrogens with one attached hydrogen (secondary N) is 1. The van der Waals surface area contributed by atoms with Crippen LogP contribution < -0.4 is 5.32 Å². The second kappa shape index (κ2) is 6.31. The summed E-state index contributed by atoms with van der Waals surface area (Å²) in [6, 6.07) is 1.91. The smallest absolute Gasteiger partial charge is 0.252 e. The van der Waals surface area contributed by atoms with Gasteiger partial charge in [-0.3, -0.25) is 4.79 Å². The number of carbonyl (C=O) groups is 1. The molecule has 1 aromatic rings. The highest BCUT2D eigenvalue weighted by Gasteiger charge is 2.08. The molecule has 0 aliphatic rings. The van der Waals surface area contributed by atoms with Crippen molar-refractivity contribution in [1.82, 2.24) is 5.32 Å². The van der Waals surface area contributed by atoms with Gasteiger partial charge < -0.3 is 10.4 Å². The molecule has 0 radical (unpaired) electrons. The minimum absolute atomic E-state index is 0.0681. The first kappa shape index (κ1) is 12.8. The number of rotatable bonds is 3. The van der Waals surface area contributed by atoms with Crippen molar-refractivity contribution in [2.45, 2.75) is 26.3 Å². The second-order valence-corrected chi connectivity index (χ2v) is 4.51. The lowest BCUT2D eigenvalue weighted by Gasteiger charge is -2.05. The molecule has 0 aliphatic heterocycles. The molecule has 0 saturated heterocycles. The fourth-order valence-corrected chi connectivity index (χ4v) is 1.83. The normalized spacial score (nSPS) is 9.75. The Bertz CT molecular complexity index is 412. The average molecular weight is 237 g/mol. The van der Waals surface area contributed by atoms with E-state index in [9.17, 15) is 4.79 Å². The molecule has 1 amide bonds. The number of amides is 1. The van der Waals surface area contributed by atoms with Crippen LogP contribution in [-0.2, 0) is 0 Å². The van der Waals surface area contributed by atoms with E-state index in [1.165, 1.54) is 11.3 Å². The summed E-state index contributed by atoms with van der Waals surface area (Å²) in [7, 11) is 0. The van der Waals surface area contributed by atoms with Gasteiger partial charge >= 0.3 is 0 Å². The van der Waals surface area contributed by atoms with Gasteiger partial charge in [-0.05, 0) is 19.9 Å². The van der Waals surface area contributed by atoms with Crippen LogP contribution in [0.5, 0.6) is 0 Å². The molecule has 1 heterocycles. The number of thiophene rings is 1. The quantitative estimate of drug-likeness (QED) is 0.785. The fourth-order valence-electron chi connectivity index (χ4n) is 1.07. The Hall–Kier alpha value is -1.31. The van der Waals surface area contributed by atoms with E-state index in [1.807, 2.05) is 13.8 Å². The van der Waals surface area contributed by atoms with E-state index >= 15 is 0 Å². The Morgan fingerprint density at radius 1 is 1.62 bits per heavy atom. The maximum atomic E-state index is 11.6. The lowest BCUT2D eigenvalue weighted by Crippen LogP contribution is -2.29. The number of hydrogen-bond acceptors (Lipinski definition) is 3. The first-order chi connectivity index (χ1) is 7.63. The van der Waals surface area contributed by atoms with Crippen molar-refractivity contribution in [3.63, 3.8) is 0 Å². The van der Waals surface area contributed by atoms with Gasteiger partial charge in [0.05, 0.1) is 17.0 Å². The highest BCUT2D eigenvalue weighted by molar-refractivity contribution is 7.10. The van der Waals surface area contributed by atoms with E-state index in [-0.39, 0.29) is 18.6 Å². The van der Waals surface area contributed by atoms with Gasteiger partial charge in [-0.25, -0.2) is 0 Å². The first-order valence-electron chi connectivity index (χ1n) is 5.12. The Balaban J connectivity index is 2.65. The summed E-state index contributed by atoms with van der Waals surface area (Å²) in [5.41, 5.74) is 0.645. The highest BCUT2D eigenvalue weighted by atomic mass is 32.1. The zero-order valence-corrected chi connectivity index (χ0v) is 10.2. The number of hydrogen-bond donors (Lipinski definition) is 2. The molecule has 0 bridgehead atoms. The molecule has 0 atom stereocenters. The van der Waals surface area contributed by atoms with Gasteiger partial charge in [-0.2, -0.15) is 0 Å². The lowest BCUT2D eigenvalue weighted by molar-refractivity contribution is 0.0943. The van der Waals surface area contributed by atoms with Gasteiger partial charge in [-0.1, -0.05) is 11.8 Å². The lowest BCUT2D eigenvalue weighted by atomic mass is 10.2. The van der Waals surface area contributed by atoms with Crippen molar-refractivity contribution in [3.05, 3.63) is 21.9 Å². The summed E-state index contributed by atoms with van der Waals surface area (Å²) in [4.78, 5) is 12.5. The molecule has 0 aromatic carbocycles. The molecule has 2 N–H and O–H groups in total. The van der Waals surface area contributed by atoms with Crippen LogP contribution >= 0.6 is 11.3 Å². The van der Waals surface area contributed by atoms with Crippen molar-refractivity contribution in [2.75, 3.05) is 6.61 Å². The standard InChI is InChI=1S/C12H15NO2S/c1-9(2)13-12(15)10-7-11(16-8-10)5-3-4-6-14/h7-9,14H,4,6H2,1-2H3,(H,13,15). The molecule has 1 aromatic heterocycles. The topological polar surface area (TPSA) is 49.3 Å². The van der Waals surface area contributed by atoms with Gasteiger partial charge in [0.25, 0.3) is 5.91 Å². The fraction of sp³-hybridized carbons (Fsp3) is 0.417. The summed E-state index contributed by atoms with van der Waals surface area (Å²) >= 11 is 1.44. The summed E-state index contributed by atoms with van der Waals surface area (Å²) in [6.45, 7) is 3.91. The maximum absolute atomic E-state index is 11.6. The van der Waals surface area contributed by atoms with Crippen LogP contribution in [0.2, 0.25) is 0 Å². The van der Waals surface area contributed by atoms with Crippen molar-refractivity contribution in [3.8, 4) is 11.8 Å². The van der Waals surface area contributed by atoms with E-state index in [0.717, 1.165) is 4.88 Å². The molecule has 86 valence electrons. The minimum Gasteiger partial charge on any atom is -0.395 e. The molecule has 0 aliphatic carbocycles. The van der Waals surface area contributed by atoms with Crippen molar-refractivity contribution < 1.29 is 9.90 Å². The van der Waals surface area contributed by atoms with E-state index in [1.54, 1.807) is 11.4 Å². The second-order valence-electron chi connectivity index (χ2n) is 3.60. The molecule has 3 nitrogen and oxygen atoms in total. The van der Waals surface area contributed by atoms with Gasteiger partial charge in [0.1, 0.15) is 0 Å². The van der Waals surface area contributed by atoms with Crippen LogP contribution in [0.4, 0.5) is 0 Å². The molecule has 0 fully saturated rings. The Labute approximate surface area is 99.5 Å². The number of aliphatic hydroxyl groups is 1. The van der Waals surface area contributed by atoms with E-state index in [0.29, 0.717) is 12.0 Å². The summed E-state index contributed by atoms with van der Waals surface area (Å²) in [5.74, 6) is 5.66. The molecule has 0 saturated carbocycles. The zero-order valence-electron chi connectivity index (χ0n) is 9.41. The van der Waals surface area contributed by atoms with Crippen molar-refractivity contribution >= 4 is 17.2 Å². The van der Waals surface area contributed by atoms with E-state index < -0.39 is 0 Å². The van der Waals surface area contributed by atoms with E-state index in [4.69, 9.17) is 5.11 Å². The minimum atomic E-state index is -0.0681. The summed E-state index contributed by atoms with van der Waals surface area (Å²) < 4.78 is 0. The zero-order chi connectivity index (χ0) is 12.0. The van der Waals surface area contributed by atoms with Gasteiger partial charge in [0, 0.05) is 17.8 Å². The van der Waals surface area contributed by atoms with Crippen LogP contribution in [0.15, 0.2) is 11.4 Å². The maximum Gasteiger partial charge on any atom is 0.252 e. The summed E-state index contributed by atoms with van der Waals surface area (Å²) in [5, 5.41) is 13.2. The monoisotopic (exact) mass is 237 g/mol. The predicted molar refractivity (Wildman–Crippen MR) is 65.5 cm³/mol. The molecule has 16 heavy (non-hydrogen) atoms. The van der Waals surface area contributed by atoms with Crippen molar-refractivity contribution in [1.29, 1.82) is 0 Å². The van der Waals surface area contributed by atoms with Crippen LogP contribution in [0.3, 0.4) is 0 Å². The van der Waals surface area contributed by atoms with Crippen LogP contribution in [0.25, 0.3) is 0 Å². The SMILES string of the molecule is CC(C)NC(=O)c1csc(C#CCCO)c1. The molecule has 0 spiro atoms. The third-order valence-electron chi connectivity index (χ3n) is 1.73. The Kier molecular flexibility index (Phi) is 5.03. The van der Waals surface area contributed by atoms with Gasteiger partial charge in [0.15, 0.2) is 0 Å². The van der Waals surface area contributed by atoms with Crippen LogP contribution in [-0.4, -0.2) is 23.7 Å². The molecule has 1 rings (SSSR count). The number of carbonyl (C=O) groups excluding carboxylic acids is 1. The Morgan fingerprint density at radius 3 is 3.00 bits per heavy atom. The van der Waals surface area contributed by atoms with Gasteiger partial charge in [0.2, 0.25) is 0 Å². The molecule has 4 heteroatoms. The predicted octanol–water partition coefficient (Wildman–Crippen LogP) is 1.62. The summed E-state index contributed by atoms with van der Waals surface area (Å²) in [6.07, 6.45) is 0.464. The molecular weight excluding hydrogens is 222 g/mol. The first-order valence-corrected chi connectivity index (χ1v) is 6.00. The Morgan fingerprint density at radius 2 is 2.38 bits per heavy atom. The average Bonchev–Trinajstić information content (AvgIpc) is 2.66.